The monoisotopic (exact) mass is 347 g/mol. The molecule has 0 saturated carbocycles. The SMILES string of the molecule is Cn1cc(C=CC(=O)NCc2cccc(COc3ccccc3)c2)cn1. The standard InChI is InChI=1S/C21H21N3O2/c1-24-15-19(14-23-24)10-11-21(25)22-13-17-6-5-7-18(12-17)16-26-20-8-3-2-4-9-20/h2-12,14-15H,13,16H2,1H3,(H,22,25). The molecule has 0 unspecified atom stereocenters. The van der Waals surface area contributed by atoms with Crippen molar-refractivity contribution >= 4 is 12.0 Å². The van der Waals surface area contributed by atoms with E-state index < -0.39 is 0 Å². The van der Waals surface area contributed by atoms with Gasteiger partial charge in [-0.15, -0.1) is 0 Å². The molecular formula is C21H21N3O2. The van der Waals surface area contributed by atoms with E-state index >= 15 is 0 Å². The van der Waals surface area contributed by atoms with Crippen LogP contribution in [0.2, 0.25) is 0 Å². The lowest BCUT2D eigenvalue weighted by molar-refractivity contribution is -0.116. The molecule has 26 heavy (non-hydrogen) atoms. The Morgan fingerprint density at radius 1 is 1.15 bits per heavy atom. The van der Waals surface area contributed by atoms with Crippen LogP contribution in [-0.2, 0) is 25.0 Å². The van der Waals surface area contributed by atoms with Crippen LogP contribution in [0.15, 0.2) is 73.1 Å². The summed E-state index contributed by atoms with van der Waals surface area (Å²) < 4.78 is 7.45. The quantitative estimate of drug-likeness (QED) is 0.667. The summed E-state index contributed by atoms with van der Waals surface area (Å²) in [6.45, 7) is 0.960. The van der Waals surface area contributed by atoms with Gasteiger partial charge in [-0.25, -0.2) is 0 Å². The predicted octanol–water partition coefficient (Wildman–Crippen LogP) is 3.33. The predicted molar refractivity (Wildman–Crippen MR) is 101 cm³/mol. The van der Waals surface area contributed by atoms with Gasteiger partial charge in [0.25, 0.3) is 0 Å². The zero-order valence-corrected chi connectivity index (χ0v) is 14.6. The lowest BCUT2D eigenvalue weighted by Crippen LogP contribution is -2.20. The zero-order valence-electron chi connectivity index (χ0n) is 14.6. The van der Waals surface area contributed by atoms with E-state index in [1.807, 2.05) is 67.8 Å². The number of amides is 1. The third kappa shape index (κ3) is 5.34. The van der Waals surface area contributed by atoms with Gasteiger partial charge >= 0.3 is 0 Å². The average molecular weight is 347 g/mol. The minimum Gasteiger partial charge on any atom is -0.489 e. The highest BCUT2D eigenvalue weighted by Crippen LogP contribution is 2.12. The number of rotatable bonds is 7. The second-order valence-corrected chi connectivity index (χ2v) is 5.92. The molecule has 1 aromatic heterocycles. The molecule has 0 fully saturated rings. The van der Waals surface area contributed by atoms with Crippen molar-refractivity contribution in [2.75, 3.05) is 0 Å². The Labute approximate surface area is 152 Å². The fourth-order valence-corrected chi connectivity index (χ4v) is 2.46. The average Bonchev–Trinajstić information content (AvgIpc) is 3.09. The normalized spacial score (nSPS) is 10.8. The summed E-state index contributed by atoms with van der Waals surface area (Å²) in [4.78, 5) is 11.9. The third-order valence-electron chi connectivity index (χ3n) is 3.76. The van der Waals surface area contributed by atoms with Gasteiger partial charge in [0.2, 0.25) is 5.91 Å². The van der Waals surface area contributed by atoms with Gasteiger partial charge in [-0.2, -0.15) is 5.10 Å². The highest BCUT2D eigenvalue weighted by molar-refractivity contribution is 5.91. The van der Waals surface area contributed by atoms with Crippen LogP contribution >= 0.6 is 0 Å². The summed E-state index contributed by atoms with van der Waals surface area (Å²) in [6.07, 6.45) is 6.81. The first kappa shape index (κ1) is 17.5. The first-order chi connectivity index (χ1) is 12.7. The van der Waals surface area contributed by atoms with E-state index in [2.05, 4.69) is 10.4 Å². The van der Waals surface area contributed by atoms with Crippen molar-refractivity contribution < 1.29 is 9.53 Å². The van der Waals surface area contributed by atoms with Crippen LogP contribution in [0.3, 0.4) is 0 Å². The number of benzene rings is 2. The van der Waals surface area contributed by atoms with Crippen molar-refractivity contribution in [1.82, 2.24) is 15.1 Å². The number of hydrogen-bond donors (Lipinski definition) is 1. The number of aromatic nitrogens is 2. The maximum absolute atomic E-state index is 11.9. The summed E-state index contributed by atoms with van der Waals surface area (Å²) >= 11 is 0. The van der Waals surface area contributed by atoms with Crippen LogP contribution in [0.4, 0.5) is 0 Å². The Kier molecular flexibility index (Phi) is 5.83. The largest absolute Gasteiger partial charge is 0.489 e. The number of para-hydroxylation sites is 1. The van der Waals surface area contributed by atoms with E-state index in [4.69, 9.17) is 4.74 Å². The first-order valence-corrected chi connectivity index (χ1v) is 8.39. The number of carbonyl (C=O) groups excluding carboxylic acids is 1. The molecule has 0 spiro atoms. The molecule has 0 aliphatic rings. The van der Waals surface area contributed by atoms with Crippen LogP contribution in [-0.4, -0.2) is 15.7 Å². The highest BCUT2D eigenvalue weighted by atomic mass is 16.5. The molecule has 0 bridgehead atoms. The van der Waals surface area contributed by atoms with Crippen LogP contribution in [0, 0.1) is 0 Å². The van der Waals surface area contributed by atoms with Crippen LogP contribution < -0.4 is 10.1 Å². The number of nitrogens with zero attached hydrogens (tertiary/aromatic N) is 2. The molecule has 3 rings (SSSR count). The van der Waals surface area contributed by atoms with Gasteiger partial charge in [-0.05, 0) is 29.3 Å². The topological polar surface area (TPSA) is 56.2 Å². The molecule has 0 radical (unpaired) electrons. The fraction of sp³-hybridized carbons (Fsp3) is 0.143. The van der Waals surface area contributed by atoms with E-state index in [1.54, 1.807) is 17.0 Å². The molecule has 3 aromatic rings. The van der Waals surface area contributed by atoms with Gasteiger partial charge in [0, 0.05) is 31.4 Å². The third-order valence-corrected chi connectivity index (χ3v) is 3.76. The number of hydrogen-bond acceptors (Lipinski definition) is 3. The molecule has 5 nitrogen and oxygen atoms in total. The Bertz CT molecular complexity index is 885. The van der Waals surface area contributed by atoms with E-state index in [0.717, 1.165) is 22.4 Å². The van der Waals surface area contributed by atoms with E-state index in [0.29, 0.717) is 13.2 Å². The Balaban J connectivity index is 1.50. The highest BCUT2D eigenvalue weighted by Gasteiger charge is 2.01. The van der Waals surface area contributed by atoms with E-state index in [9.17, 15) is 4.79 Å². The maximum Gasteiger partial charge on any atom is 0.244 e. The summed E-state index contributed by atoms with van der Waals surface area (Å²) in [5, 5.41) is 6.94. The van der Waals surface area contributed by atoms with Gasteiger partial charge in [0.05, 0.1) is 6.20 Å². The Morgan fingerprint density at radius 2 is 1.96 bits per heavy atom. The van der Waals surface area contributed by atoms with Crippen molar-refractivity contribution in [2.24, 2.45) is 7.05 Å². The Morgan fingerprint density at radius 3 is 2.73 bits per heavy atom. The molecule has 132 valence electrons. The minimum atomic E-state index is -0.139. The van der Waals surface area contributed by atoms with Crippen molar-refractivity contribution in [3.05, 3.63) is 89.8 Å². The van der Waals surface area contributed by atoms with Gasteiger partial charge in [0.1, 0.15) is 12.4 Å². The van der Waals surface area contributed by atoms with Gasteiger partial charge in [0.15, 0.2) is 0 Å². The summed E-state index contributed by atoms with van der Waals surface area (Å²) in [5.41, 5.74) is 2.98. The van der Waals surface area contributed by atoms with Gasteiger partial charge in [-0.3, -0.25) is 9.48 Å². The summed E-state index contributed by atoms with van der Waals surface area (Å²) in [7, 11) is 1.84. The molecule has 0 aliphatic heterocycles. The number of aryl methyl sites for hydroxylation is 1. The number of ether oxygens (including phenoxy) is 1. The zero-order chi connectivity index (χ0) is 18.2. The molecule has 0 atom stereocenters. The molecule has 5 heteroatoms. The molecule has 1 heterocycles. The lowest BCUT2D eigenvalue weighted by atomic mass is 10.1. The fourth-order valence-electron chi connectivity index (χ4n) is 2.46. The minimum absolute atomic E-state index is 0.139. The molecular weight excluding hydrogens is 326 g/mol. The summed E-state index contributed by atoms with van der Waals surface area (Å²) in [5.74, 6) is 0.700. The second kappa shape index (κ2) is 8.67. The maximum atomic E-state index is 11.9. The second-order valence-electron chi connectivity index (χ2n) is 5.92. The smallest absolute Gasteiger partial charge is 0.244 e. The molecule has 0 aliphatic carbocycles. The van der Waals surface area contributed by atoms with Crippen LogP contribution in [0.1, 0.15) is 16.7 Å². The first-order valence-electron chi connectivity index (χ1n) is 8.39. The van der Waals surface area contributed by atoms with Crippen molar-refractivity contribution in [3.8, 4) is 5.75 Å². The number of carbonyl (C=O) groups is 1. The van der Waals surface area contributed by atoms with Crippen molar-refractivity contribution in [1.29, 1.82) is 0 Å². The molecule has 2 aromatic carbocycles. The van der Waals surface area contributed by atoms with Crippen LogP contribution in [0.5, 0.6) is 5.75 Å². The molecule has 1 N–H and O–H groups in total. The summed E-state index contributed by atoms with van der Waals surface area (Å²) in [6, 6.07) is 17.7. The number of nitrogens with one attached hydrogen (secondary N) is 1. The molecule has 1 amide bonds. The van der Waals surface area contributed by atoms with E-state index in [-0.39, 0.29) is 5.91 Å². The Hall–Kier alpha value is -3.34. The van der Waals surface area contributed by atoms with E-state index in [1.165, 1.54) is 6.08 Å². The van der Waals surface area contributed by atoms with Gasteiger partial charge < -0.3 is 10.1 Å². The van der Waals surface area contributed by atoms with Crippen molar-refractivity contribution in [3.63, 3.8) is 0 Å². The molecule has 0 saturated heterocycles. The van der Waals surface area contributed by atoms with Gasteiger partial charge in [-0.1, -0.05) is 42.5 Å². The van der Waals surface area contributed by atoms with Crippen LogP contribution in [0.25, 0.3) is 6.08 Å². The van der Waals surface area contributed by atoms with Crippen molar-refractivity contribution in [2.45, 2.75) is 13.2 Å². The lowest BCUT2D eigenvalue weighted by Gasteiger charge is -2.08.